The fourth-order valence-corrected chi connectivity index (χ4v) is 4.75. The second kappa shape index (κ2) is 7.69. The fourth-order valence-electron chi connectivity index (χ4n) is 3.88. The number of hydrogen-bond donors (Lipinski definition) is 0. The third-order valence-corrected chi connectivity index (χ3v) is 6.29. The van der Waals surface area contributed by atoms with Gasteiger partial charge in [0.15, 0.2) is 0 Å². The van der Waals surface area contributed by atoms with E-state index in [1.54, 1.807) is 11.3 Å². The van der Waals surface area contributed by atoms with Crippen molar-refractivity contribution in [2.45, 2.75) is 19.9 Å². The fraction of sp³-hybridized carbons (Fsp3) is 0.115. The number of rotatable bonds is 5. The first-order valence-corrected chi connectivity index (χ1v) is 10.8. The minimum Gasteiger partial charge on any atom is -0.343 e. The van der Waals surface area contributed by atoms with Gasteiger partial charge in [0.25, 0.3) is 0 Å². The molecule has 2 nitrogen and oxygen atoms in total. The molecule has 0 aliphatic rings. The highest BCUT2D eigenvalue weighted by Gasteiger charge is 2.06. The number of benzene rings is 3. The molecule has 142 valence electrons. The van der Waals surface area contributed by atoms with Gasteiger partial charge in [-0.1, -0.05) is 61.5 Å². The minimum atomic E-state index is 0.878. The number of aryl methyl sites for hydroxylation is 1. The molecule has 3 heteroatoms. The van der Waals surface area contributed by atoms with Crippen LogP contribution in [-0.2, 0) is 13.0 Å². The predicted molar refractivity (Wildman–Crippen MR) is 125 cm³/mol. The summed E-state index contributed by atoms with van der Waals surface area (Å²) in [5, 5.41) is 2.36. The minimum absolute atomic E-state index is 0.878. The maximum absolute atomic E-state index is 4.69. The number of aromatic nitrogens is 2. The average Bonchev–Trinajstić information content (AvgIpc) is 3.36. The molecular formula is C26H22N2S. The van der Waals surface area contributed by atoms with E-state index >= 15 is 0 Å². The molecular weight excluding hydrogens is 372 g/mol. The second-order valence-corrected chi connectivity index (χ2v) is 8.31. The van der Waals surface area contributed by atoms with Crippen LogP contribution in [0.15, 0.2) is 79.0 Å². The Bertz CT molecular complexity index is 1290. The number of fused-ring (bicyclic) bond motifs is 2. The number of thiazole rings is 1. The first-order valence-electron chi connectivity index (χ1n) is 9.99. The van der Waals surface area contributed by atoms with E-state index in [1.807, 2.05) is 6.07 Å². The summed E-state index contributed by atoms with van der Waals surface area (Å²) < 4.78 is 3.59. The van der Waals surface area contributed by atoms with Crippen LogP contribution in [0.2, 0.25) is 0 Å². The number of para-hydroxylation sites is 2. The Hall–Kier alpha value is -3.17. The summed E-state index contributed by atoms with van der Waals surface area (Å²) in [5.41, 5.74) is 6.33. The Morgan fingerprint density at radius 2 is 1.83 bits per heavy atom. The molecule has 0 amide bonds. The summed E-state index contributed by atoms with van der Waals surface area (Å²) in [6, 6.07) is 25.8. The van der Waals surface area contributed by atoms with Gasteiger partial charge >= 0.3 is 0 Å². The summed E-state index contributed by atoms with van der Waals surface area (Å²) in [7, 11) is 0. The Balaban J connectivity index is 1.41. The highest BCUT2D eigenvalue weighted by Crippen LogP contribution is 2.24. The van der Waals surface area contributed by atoms with Crippen LogP contribution < -0.4 is 0 Å². The summed E-state index contributed by atoms with van der Waals surface area (Å²) in [4.78, 5) is 4.69. The van der Waals surface area contributed by atoms with Gasteiger partial charge in [-0.2, -0.15) is 0 Å². The standard InChI is InChI=1S/C26H22N2S/c1-2-21-9-6-10-22-15-16-28(26(21)22)18-20-8-5-7-19(17-20)13-14-25-27-23-11-3-4-12-24(23)29-25/h3-17H,2,18H2,1H3/b14-13+. The zero-order valence-electron chi connectivity index (χ0n) is 16.4. The smallest absolute Gasteiger partial charge is 0.117 e. The van der Waals surface area contributed by atoms with E-state index in [0.717, 1.165) is 23.5 Å². The SMILES string of the molecule is CCc1cccc2ccn(Cc3cccc(/C=C/c4nc5ccccc5s4)c3)c12. The Morgan fingerprint density at radius 1 is 0.931 bits per heavy atom. The van der Waals surface area contributed by atoms with Crippen molar-refractivity contribution in [1.82, 2.24) is 9.55 Å². The molecule has 29 heavy (non-hydrogen) atoms. The number of nitrogens with zero attached hydrogens (tertiary/aromatic N) is 2. The third kappa shape index (κ3) is 3.62. The number of hydrogen-bond acceptors (Lipinski definition) is 2. The van der Waals surface area contributed by atoms with Crippen molar-refractivity contribution >= 4 is 44.6 Å². The van der Waals surface area contributed by atoms with E-state index in [0.29, 0.717) is 0 Å². The van der Waals surface area contributed by atoms with Gasteiger partial charge in [-0.25, -0.2) is 4.98 Å². The van der Waals surface area contributed by atoms with Gasteiger partial charge in [0.05, 0.1) is 15.7 Å². The predicted octanol–water partition coefficient (Wildman–Crippen LogP) is 7.03. The lowest BCUT2D eigenvalue weighted by molar-refractivity contribution is 0.831. The molecule has 2 heterocycles. The largest absolute Gasteiger partial charge is 0.343 e. The van der Waals surface area contributed by atoms with Gasteiger partial charge < -0.3 is 4.57 Å². The molecule has 0 fully saturated rings. The molecule has 2 aromatic heterocycles. The molecule has 0 aliphatic heterocycles. The van der Waals surface area contributed by atoms with E-state index < -0.39 is 0 Å². The van der Waals surface area contributed by atoms with Crippen LogP contribution in [0, 0.1) is 0 Å². The van der Waals surface area contributed by atoms with Crippen LogP contribution in [0.5, 0.6) is 0 Å². The maximum Gasteiger partial charge on any atom is 0.117 e. The quantitative estimate of drug-likeness (QED) is 0.313. The lowest BCUT2D eigenvalue weighted by Gasteiger charge is -2.09. The van der Waals surface area contributed by atoms with Gasteiger partial charge in [0.1, 0.15) is 5.01 Å². The van der Waals surface area contributed by atoms with Gasteiger partial charge in [0, 0.05) is 12.7 Å². The summed E-state index contributed by atoms with van der Waals surface area (Å²) in [5.74, 6) is 0. The Labute approximate surface area is 174 Å². The van der Waals surface area contributed by atoms with Gasteiger partial charge in [-0.15, -0.1) is 11.3 Å². The van der Waals surface area contributed by atoms with Crippen molar-refractivity contribution < 1.29 is 0 Å². The first kappa shape index (κ1) is 17.9. The summed E-state index contributed by atoms with van der Waals surface area (Å²) in [6.45, 7) is 3.10. The van der Waals surface area contributed by atoms with E-state index in [2.05, 4.69) is 96.6 Å². The Morgan fingerprint density at radius 3 is 2.72 bits per heavy atom. The molecule has 0 radical (unpaired) electrons. The topological polar surface area (TPSA) is 17.8 Å². The van der Waals surface area contributed by atoms with Crippen LogP contribution in [0.25, 0.3) is 33.3 Å². The monoisotopic (exact) mass is 394 g/mol. The van der Waals surface area contributed by atoms with Crippen LogP contribution in [0.4, 0.5) is 0 Å². The summed E-state index contributed by atoms with van der Waals surface area (Å²) in [6.07, 6.45) is 7.52. The normalized spacial score (nSPS) is 11.8. The molecule has 3 aromatic carbocycles. The molecule has 0 unspecified atom stereocenters. The van der Waals surface area contributed by atoms with Crippen LogP contribution in [0.1, 0.15) is 28.6 Å². The maximum atomic E-state index is 4.69. The van der Waals surface area contributed by atoms with Crippen molar-refractivity contribution in [3.05, 3.63) is 101 Å². The molecule has 0 saturated heterocycles. The summed E-state index contributed by atoms with van der Waals surface area (Å²) >= 11 is 1.73. The van der Waals surface area contributed by atoms with Gasteiger partial charge in [-0.3, -0.25) is 0 Å². The van der Waals surface area contributed by atoms with Gasteiger partial charge in [-0.05, 0) is 58.8 Å². The van der Waals surface area contributed by atoms with E-state index in [1.165, 1.54) is 32.3 Å². The first-order chi connectivity index (χ1) is 14.3. The highest BCUT2D eigenvalue weighted by molar-refractivity contribution is 7.19. The molecule has 0 spiro atoms. The van der Waals surface area contributed by atoms with Crippen molar-refractivity contribution in [2.24, 2.45) is 0 Å². The van der Waals surface area contributed by atoms with E-state index in [9.17, 15) is 0 Å². The third-order valence-electron chi connectivity index (χ3n) is 5.29. The molecule has 5 rings (SSSR count). The molecule has 0 atom stereocenters. The molecule has 0 N–H and O–H groups in total. The van der Waals surface area contributed by atoms with Gasteiger partial charge in [0.2, 0.25) is 0 Å². The van der Waals surface area contributed by atoms with Crippen LogP contribution in [0.3, 0.4) is 0 Å². The van der Waals surface area contributed by atoms with Crippen molar-refractivity contribution in [2.75, 3.05) is 0 Å². The molecule has 5 aromatic rings. The molecule has 0 bridgehead atoms. The zero-order chi connectivity index (χ0) is 19.6. The van der Waals surface area contributed by atoms with Crippen molar-refractivity contribution in [3.63, 3.8) is 0 Å². The van der Waals surface area contributed by atoms with E-state index in [-0.39, 0.29) is 0 Å². The second-order valence-electron chi connectivity index (χ2n) is 7.25. The highest BCUT2D eigenvalue weighted by atomic mass is 32.1. The zero-order valence-corrected chi connectivity index (χ0v) is 17.2. The molecule has 0 saturated carbocycles. The van der Waals surface area contributed by atoms with Crippen molar-refractivity contribution in [1.29, 1.82) is 0 Å². The van der Waals surface area contributed by atoms with E-state index in [4.69, 9.17) is 4.98 Å². The molecule has 0 aliphatic carbocycles. The van der Waals surface area contributed by atoms with Crippen LogP contribution in [-0.4, -0.2) is 9.55 Å². The van der Waals surface area contributed by atoms with Crippen molar-refractivity contribution in [3.8, 4) is 0 Å². The Kier molecular flexibility index (Phi) is 4.74. The lowest BCUT2D eigenvalue weighted by atomic mass is 10.1. The lowest BCUT2D eigenvalue weighted by Crippen LogP contribution is -2.00. The van der Waals surface area contributed by atoms with Crippen LogP contribution >= 0.6 is 11.3 Å². The average molecular weight is 395 g/mol.